The summed E-state index contributed by atoms with van der Waals surface area (Å²) in [6.45, 7) is 4.59. The van der Waals surface area contributed by atoms with Gasteiger partial charge in [-0.2, -0.15) is 0 Å². The van der Waals surface area contributed by atoms with Gasteiger partial charge in [0.2, 0.25) is 0 Å². The highest BCUT2D eigenvalue weighted by atomic mass is 16.5. The van der Waals surface area contributed by atoms with Gasteiger partial charge >= 0.3 is 0 Å². The summed E-state index contributed by atoms with van der Waals surface area (Å²) >= 11 is 0. The Morgan fingerprint density at radius 1 is 1.38 bits per heavy atom. The van der Waals surface area contributed by atoms with Crippen molar-refractivity contribution in [2.75, 3.05) is 33.0 Å². The Morgan fingerprint density at radius 2 is 2.17 bits per heavy atom. The van der Waals surface area contributed by atoms with Gasteiger partial charge in [-0.1, -0.05) is 0 Å². The SMILES string of the molecule is Cc1ncn(C)c1C(=O)N1C[C@H]2COCC[C@@]2(O)[C@@H]2COCC[C@@H]21. The molecule has 4 heterocycles. The molecule has 3 aliphatic heterocycles. The van der Waals surface area contributed by atoms with Crippen LogP contribution in [0.15, 0.2) is 6.33 Å². The molecule has 4 atom stereocenters. The van der Waals surface area contributed by atoms with Gasteiger partial charge in [0.15, 0.2) is 0 Å². The Labute approximate surface area is 141 Å². The molecular weight excluding hydrogens is 310 g/mol. The van der Waals surface area contributed by atoms with E-state index in [9.17, 15) is 9.90 Å². The number of likely N-dealkylation sites (tertiary alicyclic amines) is 1. The van der Waals surface area contributed by atoms with E-state index in [1.165, 1.54) is 0 Å². The predicted octanol–water partition coefficient (Wildman–Crippen LogP) is 0.357. The van der Waals surface area contributed by atoms with Crippen molar-refractivity contribution in [2.45, 2.75) is 31.4 Å². The van der Waals surface area contributed by atoms with Crippen molar-refractivity contribution in [3.8, 4) is 0 Å². The lowest BCUT2D eigenvalue weighted by atomic mass is 9.66. The zero-order valence-electron chi connectivity index (χ0n) is 14.3. The molecule has 3 saturated heterocycles. The maximum absolute atomic E-state index is 13.2. The largest absolute Gasteiger partial charge is 0.389 e. The standard InChI is InChI=1S/C17H25N3O4/c1-11-15(19(2)10-18-11)16(21)20-7-12-8-24-6-4-17(12,22)13-9-23-5-3-14(13)20/h10,12-14,22H,3-9H2,1-2H3/t12-,13+,14-,17-/m0/s1. The fourth-order valence-electron chi connectivity index (χ4n) is 4.68. The second-order valence-electron chi connectivity index (χ2n) is 7.30. The van der Waals surface area contributed by atoms with Gasteiger partial charge in [0, 0.05) is 51.1 Å². The second-order valence-corrected chi connectivity index (χ2v) is 7.30. The van der Waals surface area contributed by atoms with Gasteiger partial charge < -0.3 is 24.0 Å². The highest BCUT2D eigenvalue weighted by Crippen LogP contribution is 2.44. The summed E-state index contributed by atoms with van der Waals surface area (Å²) < 4.78 is 13.0. The van der Waals surface area contributed by atoms with Crippen LogP contribution in [0.4, 0.5) is 0 Å². The molecule has 24 heavy (non-hydrogen) atoms. The number of hydrogen-bond donors (Lipinski definition) is 1. The van der Waals surface area contributed by atoms with Crippen LogP contribution in [0.25, 0.3) is 0 Å². The summed E-state index contributed by atoms with van der Waals surface area (Å²) in [4.78, 5) is 19.4. The number of ether oxygens (including phenoxy) is 2. The van der Waals surface area contributed by atoms with Crippen molar-refractivity contribution in [1.29, 1.82) is 0 Å². The van der Waals surface area contributed by atoms with Crippen molar-refractivity contribution >= 4 is 5.91 Å². The molecule has 0 saturated carbocycles. The van der Waals surface area contributed by atoms with Crippen LogP contribution < -0.4 is 0 Å². The predicted molar refractivity (Wildman–Crippen MR) is 85.6 cm³/mol. The van der Waals surface area contributed by atoms with E-state index in [-0.39, 0.29) is 23.8 Å². The van der Waals surface area contributed by atoms with Crippen LogP contribution in [0.3, 0.4) is 0 Å². The molecule has 7 heteroatoms. The Bertz CT molecular complexity index is 626. The number of carbonyl (C=O) groups is 1. The van der Waals surface area contributed by atoms with Crippen molar-refractivity contribution in [2.24, 2.45) is 18.9 Å². The van der Waals surface area contributed by atoms with Gasteiger partial charge in [-0.05, 0) is 13.3 Å². The summed E-state index contributed by atoms with van der Waals surface area (Å²) in [5.74, 6) is -0.116. The molecule has 1 aromatic heterocycles. The zero-order valence-corrected chi connectivity index (χ0v) is 14.3. The van der Waals surface area contributed by atoms with Crippen LogP contribution >= 0.6 is 0 Å². The molecule has 0 unspecified atom stereocenters. The first-order valence-electron chi connectivity index (χ1n) is 8.69. The zero-order chi connectivity index (χ0) is 16.9. The summed E-state index contributed by atoms with van der Waals surface area (Å²) in [7, 11) is 1.85. The number of nitrogens with zero attached hydrogens (tertiary/aromatic N) is 3. The maximum atomic E-state index is 13.2. The number of carbonyl (C=O) groups excluding carboxylic acids is 1. The first-order chi connectivity index (χ1) is 11.5. The van der Waals surface area contributed by atoms with E-state index in [1.807, 2.05) is 18.9 Å². The lowest BCUT2D eigenvalue weighted by Crippen LogP contribution is -2.68. The van der Waals surface area contributed by atoms with Crippen LogP contribution in [0.5, 0.6) is 0 Å². The van der Waals surface area contributed by atoms with Gasteiger partial charge in [0.25, 0.3) is 5.91 Å². The van der Waals surface area contributed by atoms with E-state index in [1.54, 1.807) is 10.9 Å². The molecule has 132 valence electrons. The molecule has 0 radical (unpaired) electrons. The summed E-state index contributed by atoms with van der Waals surface area (Å²) in [6.07, 6.45) is 3.06. The molecule has 4 rings (SSSR count). The Hall–Kier alpha value is -1.44. The minimum atomic E-state index is -0.790. The molecule has 0 spiro atoms. The lowest BCUT2D eigenvalue weighted by molar-refractivity contribution is -0.212. The van der Waals surface area contributed by atoms with Crippen LogP contribution in [0.2, 0.25) is 0 Å². The molecule has 1 aromatic rings. The van der Waals surface area contributed by atoms with Crippen molar-refractivity contribution in [1.82, 2.24) is 14.5 Å². The molecular formula is C17H25N3O4. The van der Waals surface area contributed by atoms with Crippen molar-refractivity contribution in [3.05, 3.63) is 17.7 Å². The summed E-state index contributed by atoms with van der Waals surface area (Å²) in [5, 5.41) is 11.3. The molecule has 1 N–H and O–H groups in total. The number of piperidine rings is 1. The minimum Gasteiger partial charge on any atom is -0.389 e. The molecule has 0 aromatic carbocycles. The number of aliphatic hydroxyl groups is 1. The number of rotatable bonds is 1. The molecule has 1 amide bonds. The average Bonchev–Trinajstić information content (AvgIpc) is 2.92. The van der Waals surface area contributed by atoms with Gasteiger partial charge in [0.05, 0.1) is 30.8 Å². The smallest absolute Gasteiger partial charge is 0.272 e. The van der Waals surface area contributed by atoms with Crippen molar-refractivity contribution < 1.29 is 19.4 Å². The van der Waals surface area contributed by atoms with Gasteiger partial charge in [-0.15, -0.1) is 0 Å². The van der Waals surface area contributed by atoms with E-state index in [2.05, 4.69) is 4.98 Å². The number of aromatic nitrogens is 2. The molecule has 0 aliphatic carbocycles. The number of hydrogen-bond acceptors (Lipinski definition) is 5. The fourth-order valence-corrected chi connectivity index (χ4v) is 4.68. The number of aryl methyl sites for hydroxylation is 2. The molecule has 3 fully saturated rings. The van der Waals surface area contributed by atoms with Gasteiger partial charge in [-0.3, -0.25) is 4.79 Å². The monoisotopic (exact) mass is 335 g/mol. The Morgan fingerprint density at radius 3 is 2.92 bits per heavy atom. The third-order valence-corrected chi connectivity index (χ3v) is 6.04. The molecule has 7 nitrogen and oxygen atoms in total. The van der Waals surface area contributed by atoms with E-state index in [0.29, 0.717) is 45.1 Å². The van der Waals surface area contributed by atoms with Gasteiger partial charge in [0.1, 0.15) is 5.69 Å². The minimum absolute atomic E-state index is 0.00276. The van der Waals surface area contributed by atoms with Crippen LogP contribution in [-0.2, 0) is 16.5 Å². The van der Waals surface area contributed by atoms with E-state index >= 15 is 0 Å². The van der Waals surface area contributed by atoms with Gasteiger partial charge in [-0.25, -0.2) is 4.98 Å². The summed E-state index contributed by atoms with van der Waals surface area (Å²) in [5.41, 5.74) is 0.580. The second kappa shape index (κ2) is 5.82. The number of imidazole rings is 1. The van der Waals surface area contributed by atoms with Crippen molar-refractivity contribution in [3.63, 3.8) is 0 Å². The quantitative estimate of drug-likeness (QED) is 0.802. The molecule has 3 aliphatic rings. The average molecular weight is 335 g/mol. The lowest BCUT2D eigenvalue weighted by Gasteiger charge is -2.57. The van der Waals surface area contributed by atoms with Crippen LogP contribution in [0.1, 0.15) is 29.0 Å². The Kier molecular flexibility index (Phi) is 3.89. The van der Waals surface area contributed by atoms with E-state index < -0.39 is 5.60 Å². The first kappa shape index (κ1) is 16.1. The highest BCUT2D eigenvalue weighted by Gasteiger charge is 2.56. The third kappa shape index (κ3) is 2.29. The number of amides is 1. The normalized spacial score (nSPS) is 36.1. The highest BCUT2D eigenvalue weighted by molar-refractivity contribution is 5.94. The fraction of sp³-hybridized carbons (Fsp3) is 0.765. The Balaban J connectivity index is 1.69. The topological polar surface area (TPSA) is 76.8 Å². The third-order valence-electron chi connectivity index (χ3n) is 6.04. The maximum Gasteiger partial charge on any atom is 0.272 e. The summed E-state index contributed by atoms with van der Waals surface area (Å²) in [6, 6.07) is 0.0138. The van der Waals surface area contributed by atoms with E-state index in [0.717, 1.165) is 12.1 Å². The molecule has 0 bridgehead atoms. The van der Waals surface area contributed by atoms with Crippen LogP contribution in [0, 0.1) is 18.8 Å². The number of fused-ring (bicyclic) bond motifs is 3. The van der Waals surface area contributed by atoms with Crippen LogP contribution in [-0.4, -0.2) is 70.1 Å². The first-order valence-corrected chi connectivity index (χ1v) is 8.69. The van der Waals surface area contributed by atoms with E-state index in [4.69, 9.17) is 9.47 Å².